The van der Waals surface area contributed by atoms with Gasteiger partial charge in [0, 0.05) is 31.1 Å². The van der Waals surface area contributed by atoms with Gasteiger partial charge in [-0.15, -0.1) is 0 Å². The SMILES string of the molecule is CC1COC[C@H](C)N1CC#CC(=O)N1CCC(C=O)C1. The molecule has 0 aliphatic carbocycles. The lowest BCUT2D eigenvalue weighted by molar-refractivity contribution is -0.124. The molecular weight excluding hydrogens is 256 g/mol. The van der Waals surface area contributed by atoms with Crippen LogP contribution in [0.15, 0.2) is 0 Å². The summed E-state index contributed by atoms with van der Waals surface area (Å²) in [5.41, 5.74) is 0. The van der Waals surface area contributed by atoms with Crippen LogP contribution in [0.4, 0.5) is 0 Å². The maximum absolute atomic E-state index is 11.9. The smallest absolute Gasteiger partial charge is 0.298 e. The van der Waals surface area contributed by atoms with Crippen LogP contribution in [0.5, 0.6) is 0 Å². The van der Waals surface area contributed by atoms with Gasteiger partial charge >= 0.3 is 0 Å². The fourth-order valence-corrected chi connectivity index (χ4v) is 2.72. The van der Waals surface area contributed by atoms with Crippen LogP contribution in [0, 0.1) is 17.8 Å². The van der Waals surface area contributed by atoms with E-state index in [2.05, 4.69) is 30.6 Å². The van der Waals surface area contributed by atoms with Crippen LogP contribution in [0.3, 0.4) is 0 Å². The number of morpholine rings is 1. The Bertz CT molecular complexity index is 417. The van der Waals surface area contributed by atoms with E-state index in [9.17, 15) is 9.59 Å². The minimum atomic E-state index is -0.164. The molecule has 0 bridgehead atoms. The molecule has 2 unspecified atom stereocenters. The van der Waals surface area contributed by atoms with Crippen LogP contribution in [-0.2, 0) is 14.3 Å². The van der Waals surface area contributed by atoms with E-state index in [0.29, 0.717) is 44.9 Å². The predicted molar refractivity (Wildman–Crippen MR) is 75.0 cm³/mol. The van der Waals surface area contributed by atoms with Crippen LogP contribution in [0.1, 0.15) is 20.3 Å². The van der Waals surface area contributed by atoms with E-state index in [-0.39, 0.29) is 11.8 Å². The van der Waals surface area contributed by atoms with Crippen molar-refractivity contribution < 1.29 is 14.3 Å². The fraction of sp³-hybridized carbons (Fsp3) is 0.733. The molecule has 20 heavy (non-hydrogen) atoms. The zero-order valence-corrected chi connectivity index (χ0v) is 12.2. The van der Waals surface area contributed by atoms with Gasteiger partial charge in [-0.1, -0.05) is 5.92 Å². The second-order valence-corrected chi connectivity index (χ2v) is 5.65. The Labute approximate surface area is 120 Å². The Hall–Kier alpha value is -1.38. The summed E-state index contributed by atoms with van der Waals surface area (Å²) >= 11 is 0. The fourth-order valence-electron chi connectivity index (χ4n) is 2.72. The van der Waals surface area contributed by atoms with Gasteiger partial charge in [0.15, 0.2) is 0 Å². The molecular formula is C15H22N2O3. The number of rotatable bonds is 2. The highest BCUT2D eigenvalue weighted by Gasteiger charge is 2.26. The molecule has 110 valence electrons. The first-order valence-electron chi connectivity index (χ1n) is 7.18. The highest BCUT2D eigenvalue weighted by molar-refractivity contribution is 5.94. The highest BCUT2D eigenvalue weighted by Crippen LogP contribution is 2.14. The Morgan fingerprint density at radius 3 is 2.65 bits per heavy atom. The van der Waals surface area contributed by atoms with Crippen LogP contribution < -0.4 is 0 Å². The molecule has 0 radical (unpaired) electrons. The van der Waals surface area contributed by atoms with Gasteiger partial charge < -0.3 is 14.4 Å². The molecule has 2 fully saturated rings. The summed E-state index contributed by atoms with van der Waals surface area (Å²) in [4.78, 5) is 26.5. The standard InChI is InChI=1S/C15H22N2O3/c1-12-10-20-11-13(2)17(12)6-3-4-15(19)16-7-5-14(8-16)9-18/h9,12-14H,5-8,10-11H2,1-2H3/t12-,13?,14?/m0/s1. The highest BCUT2D eigenvalue weighted by atomic mass is 16.5. The van der Waals surface area contributed by atoms with Crippen molar-refractivity contribution in [3.63, 3.8) is 0 Å². The maximum atomic E-state index is 11.9. The first kappa shape index (κ1) is 15.0. The summed E-state index contributed by atoms with van der Waals surface area (Å²) in [7, 11) is 0. The number of carbonyl (C=O) groups is 2. The number of likely N-dealkylation sites (tertiary alicyclic amines) is 1. The molecule has 2 saturated heterocycles. The molecule has 0 aromatic heterocycles. The van der Waals surface area contributed by atoms with Crippen LogP contribution >= 0.6 is 0 Å². The number of ether oxygens (including phenoxy) is 1. The Morgan fingerprint density at radius 2 is 2.05 bits per heavy atom. The van der Waals surface area contributed by atoms with Gasteiger partial charge in [-0.25, -0.2) is 0 Å². The molecule has 0 aromatic rings. The molecule has 2 heterocycles. The molecule has 2 aliphatic heterocycles. The summed E-state index contributed by atoms with van der Waals surface area (Å²) in [5.74, 6) is 5.48. The van der Waals surface area contributed by atoms with Crippen molar-refractivity contribution in [3.05, 3.63) is 0 Å². The molecule has 0 aromatic carbocycles. The third-order valence-corrected chi connectivity index (χ3v) is 4.01. The monoisotopic (exact) mass is 278 g/mol. The zero-order chi connectivity index (χ0) is 14.5. The van der Waals surface area contributed by atoms with Crippen molar-refractivity contribution in [1.82, 2.24) is 9.80 Å². The molecule has 3 atom stereocenters. The van der Waals surface area contributed by atoms with Crippen molar-refractivity contribution in [1.29, 1.82) is 0 Å². The van der Waals surface area contributed by atoms with E-state index in [0.717, 1.165) is 12.7 Å². The second kappa shape index (κ2) is 6.87. The lowest BCUT2D eigenvalue weighted by atomic mass is 10.1. The lowest BCUT2D eigenvalue weighted by Gasteiger charge is -2.37. The van der Waals surface area contributed by atoms with Gasteiger partial charge in [0.25, 0.3) is 5.91 Å². The Balaban J connectivity index is 1.84. The minimum absolute atomic E-state index is 0.0139. The quantitative estimate of drug-likeness (QED) is 0.533. The number of amides is 1. The number of nitrogens with zero attached hydrogens (tertiary/aromatic N) is 2. The minimum Gasteiger partial charge on any atom is -0.378 e. The Morgan fingerprint density at radius 1 is 1.35 bits per heavy atom. The first-order valence-corrected chi connectivity index (χ1v) is 7.18. The summed E-state index contributed by atoms with van der Waals surface area (Å²) < 4.78 is 5.46. The first-order chi connectivity index (χ1) is 9.61. The van der Waals surface area contributed by atoms with Gasteiger partial charge in [-0.2, -0.15) is 0 Å². The third-order valence-electron chi connectivity index (χ3n) is 4.01. The molecule has 0 spiro atoms. The normalized spacial score (nSPS) is 30.7. The molecule has 5 nitrogen and oxygen atoms in total. The predicted octanol–water partition coefficient (Wildman–Crippen LogP) is 0.146. The summed E-state index contributed by atoms with van der Waals surface area (Å²) in [6.45, 7) is 7.38. The summed E-state index contributed by atoms with van der Waals surface area (Å²) in [6.07, 6.45) is 1.69. The van der Waals surface area contributed by atoms with Crippen molar-refractivity contribution in [2.24, 2.45) is 5.92 Å². The van der Waals surface area contributed by atoms with E-state index >= 15 is 0 Å². The van der Waals surface area contributed by atoms with E-state index in [1.807, 2.05) is 0 Å². The molecule has 2 rings (SSSR count). The van der Waals surface area contributed by atoms with E-state index in [1.54, 1.807) is 4.90 Å². The Kier molecular flexibility index (Phi) is 5.16. The van der Waals surface area contributed by atoms with E-state index in [1.165, 1.54) is 0 Å². The number of hydrogen-bond donors (Lipinski definition) is 0. The molecule has 5 heteroatoms. The molecule has 2 aliphatic rings. The van der Waals surface area contributed by atoms with Gasteiger partial charge in [-0.05, 0) is 26.2 Å². The largest absolute Gasteiger partial charge is 0.378 e. The van der Waals surface area contributed by atoms with Gasteiger partial charge in [0.05, 0.1) is 19.8 Å². The average Bonchev–Trinajstić information content (AvgIpc) is 2.91. The summed E-state index contributed by atoms with van der Waals surface area (Å²) in [6, 6.07) is 0.656. The van der Waals surface area contributed by atoms with Gasteiger partial charge in [0.1, 0.15) is 6.29 Å². The molecule has 0 N–H and O–H groups in total. The number of aldehydes is 1. The van der Waals surface area contributed by atoms with Crippen molar-refractivity contribution in [2.45, 2.75) is 32.4 Å². The zero-order valence-electron chi connectivity index (χ0n) is 12.2. The van der Waals surface area contributed by atoms with Crippen molar-refractivity contribution in [2.75, 3.05) is 32.8 Å². The van der Waals surface area contributed by atoms with Gasteiger partial charge in [0.2, 0.25) is 0 Å². The van der Waals surface area contributed by atoms with Crippen LogP contribution in [0.25, 0.3) is 0 Å². The number of hydrogen-bond acceptors (Lipinski definition) is 4. The maximum Gasteiger partial charge on any atom is 0.298 e. The lowest BCUT2D eigenvalue weighted by Crippen LogP contribution is -2.49. The number of carbonyl (C=O) groups excluding carboxylic acids is 2. The van der Waals surface area contributed by atoms with E-state index in [4.69, 9.17) is 4.74 Å². The second-order valence-electron chi connectivity index (χ2n) is 5.65. The summed E-state index contributed by atoms with van der Waals surface area (Å²) in [5, 5.41) is 0. The topological polar surface area (TPSA) is 49.9 Å². The van der Waals surface area contributed by atoms with Crippen molar-refractivity contribution >= 4 is 12.2 Å². The van der Waals surface area contributed by atoms with Crippen LogP contribution in [0.2, 0.25) is 0 Å². The average molecular weight is 278 g/mol. The van der Waals surface area contributed by atoms with Crippen LogP contribution in [-0.4, -0.2) is 66.9 Å². The molecule has 1 amide bonds. The van der Waals surface area contributed by atoms with Gasteiger partial charge in [-0.3, -0.25) is 9.69 Å². The third kappa shape index (κ3) is 3.59. The molecule has 0 saturated carbocycles. The van der Waals surface area contributed by atoms with E-state index < -0.39 is 0 Å². The van der Waals surface area contributed by atoms with Crippen molar-refractivity contribution in [3.8, 4) is 11.8 Å².